The number of thioether (sulfide) groups is 1. The molecule has 0 radical (unpaired) electrons. The molecule has 0 unspecified atom stereocenters. The minimum absolute atomic E-state index is 0.0949. The van der Waals surface area contributed by atoms with Gasteiger partial charge in [-0.2, -0.15) is 0 Å². The molecule has 0 atom stereocenters. The van der Waals surface area contributed by atoms with Crippen LogP contribution in [0, 0.1) is 0 Å². The van der Waals surface area contributed by atoms with E-state index < -0.39 is 10.0 Å². The molecule has 0 aliphatic rings. The summed E-state index contributed by atoms with van der Waals surface area (Å²) in [6, 6.07) is 1.77. The number of carbonyl (C=O) groups is 1. The summed E-state index contributed by atoms with van der Waals surface area (Å²) >= 11 is 8.78. The highest BCUT2D eigenvalue weighted by atomic mass is 79.9. The molecule has 0 fully saturated rings. The van der Waals surface area contributed by atoms with Crippen molar-refractivity contribution in [2.75, 3.05) is 22.0 Å². The van der Waals surface area contributed by atoms with E-state index in [1.807, 2.05) is 0 Å². The average Bonchev–Trinajstić information content (AvgIpc) is 2.85. The molecular weight excluding hydrogens is 494 g/mol. The number of rotatable bonds is 6. The highest BCUT2D eigenvalue weighted by Gasteiger charge is 2.12. The van der Waals surface area contributed by atoms with Gasteiger partial charge in [0.05, 0.1) is 16.5 Å². The largest absolute Gasteiger partial charge is 0.309 e. The lowest BCUT2D eigenvalue weighted by Gasteiger charge is -2.05. The van der Waals surface area contributed by atoms with Gasteiger partial charge in [-0.25, -0.2) is 13.4 Å². The van der Waals surface area contributed by atoms with E-state index in [4.69, 9.17) is 0 Å². The summed E-state index contributed by atoms with van der Waals surface area (Å²) < 4.78 is 26.3. The van der Waals surface area contributed by atoms with Crippen molar-refractivity contribution in [3.63, 3.8) is 0 Å². The molecule has 2 N–H and O–H groups in total. The van der Waals surface area contributed by atoms with Gasteiger partial charge in [-0.05, 0) is 37.9 Å². The Bertz CT molecular complexity index is 827. The van der Waals surface area contributed by atoms with Gasteiger partial charge in [-0.3, -0.25) is 9.52 Å². The van der Waals surface area contributed by atoms with Crippen molar-refractivity contribution >= 4 is 81.8 Å². The third-order valence-corrected chi connectivity index (χ3v) is 5.78. The molecule has 0 aliphatic heterocycles. The lowest BCUT2D eigenvalue weighted by molar-refractivity contribution is -0.113. The van der Waals surface area contributed by atoms with Gasteiger partial charge in [0.15, 0.2) is 4.34 Å². The number of sulfonamides is 1. The van der Waals surface area contributed by atoms with E-state index in [9.17, 15) is 13.2 Å². The van der Waals surface area contributed by atoms with E-state index in [-0.39, 0.29) is 16.8 Å². The summed E-state index contributed by atoms with van der Waals surface area (Å²) in [7, 11) is -3.39. The number of carbonyl (C=O) groups excluding carboxylic acids is 1. The molecule has 0 spiro atoms. The molecule has 0 bridgehead atoms. The van der Waals surface area contributed by atoms with Crippen LogP contribution in [-0.2, 0) is 14.8 Å². The summed E-state index contributed by atoms with van der Waals surface area (Å²) in [5.41, 5.74) is 0. The minimum atomic E-state index is -3.39. The van der Waals surface area contributed by atoms with E-state index in [1.54, 1.807) is 12.3 Å². The Labute approximate surface area is 157 Å². The van der Waals surface area contributed by atoms with Crippen molar-refractivity contribution < 1.29 is 13.2 Å². The van der Waals surface area contributed by atoms with Gasteiger partial charge < -0.3 is 5.32 Å². The van der Waals surface area contributed by atoms with Crippen molar-refractivity contribution in [2.24, 2.45) is 0 Å². The highest BCUT2D eigenvalue weighted by Crippen LogP contribution is 2.27. The third kappa shape index (κ3) is 6.33. The van der Waals surface area contributed by atoms with Crippen LogP contribution in [0.4, 0.5) is 10.9 Å². The maximum atomic E-state index is 11.9. The maximum Gasteiger partial charge on any atom is 0.236 e. The van der Waals surface area contributed by atoms with Crippen LogP contribution >= 0.6 is 55.0 Å². The molecule has 0 aromatic carbocycles. The van der Waals surface area contributed by atoms with Crippen LogP contribution in [0.15, 0.2) is 25.5 Å². The molecule has 23 heavy (non-hydrogen) atoms. The number of nitrogens with one attached hydrogen (secondary N) is 2. The Morgan fingerprint density at radius 1 is 1.39 bits per heavy atom. The van der Waals surface area contributed by atoms with Crippen molar-refractivity contribution in [2.45, 2.75) is 4.34 Å². The first-order valence-electron chi connectivity index (χ1n) is 5.78. The molecule has 8 nitrogen and oxygen atoms in total. The summed E-state index contributed by atoms with van der Waals surface area (Å²) in [4.78, 5) is 16.0. The monoisotopic (exact) mass is 501 g/mol. The SMILES string of the molecule is CS(=O)(=O)Nc1nnc(SCC(=O)Nc2ncc(Br)cc2Br)s1. The number of amides is 1. The molecule has 2 rings (SSSR count). The molecule has 13 heteroatoms. The fourth-order valence-electron chi connectivity index (χ4n) is 1.27. The Balaban J connectivity index is 1.89. The summed E-state index contributed by atoms with van der Waals surface area (Å²) in [6.45, 7) is 0. The van der Waals surface area contributed by atoms with Gasteiger partial charge >= 0.3 is 0 Å². The van der Waals surface area contributed by atoms with E-state index in [1.165, 1.54) is 0 Å². The number of anilines is 2. The maximum absolute atomic E-state index is 11.9. The number of halogens is 2. The van der Waals surface area contributed by atoms with Gasteiger partial charge in [0, 0.05) is 10.7 Å². The summed E-state index contributed by atoms with van der Waals surface area (Å²) in [5.74, 6) is 0.242. The molecule has 0 saturated carbocycles. The lowest BCUT2D eigenvalue weighted by Crippen LogP contribution is -2.15. The quantitative estimate of drug-likeness (QED) is 0.583. The van der Waals surface area contributed by atoms with Gasteiger partial charge in [-0.15, -0.1) is 10.2 Å². The highest BCUT2D eigenvalue weighted by molar-refractivity contribution is 9.11. The zero-order chi connectivity index (χ0) is 17.0. The second-order valence-electron chi connectivity index (χ2n) is 4.07. The zero-order valence-electron chi connectivity index (χ0n) is 11.4. The fourth-order valence-corrected chi connectivity index (χ4v) is 4.74. The van der Waals surface area contributed by atoms with Gasteiger partial charge in [0.1, 0.15) is 5.82 Å². The molecular formula is C10H9Br2N5O3S3. The Morgan fingerprint density at radius 2 is 2.13 bits per heavy atom. The number of pyridine rings is 1. The Morgan fingerprint density at radius 3 is 2.78 bits per heavy atom. The van der Waals surface area contributed by atoms with E-state index in [2.05, 4.69) is 57.1 Å². The number of aromatic nitrogens is 3. The van der Waals surface area contributed by atoms with Crippen molar-refractivity contribution in [3.8, 4) is 0 Å². The van der Waals surface area contributed by atoms with Gasteiger partial charge in [-0.1, -0.05) is 23.1 Å². The Kier molecular flexibility index (Phi) is 6.36. The average molecular weight is 503 g/mol. The van der Waals surface area contributed by atoms with Crippen LogP contribution in [0.2, 0.25) is 0 Å². The van der Waals surface area contributed by atoms with Crippen LogP contribution in [0.1, 0.15) is 0 Å². The number of hydrogen-bond acceptors (Lipinski definition) is 8. The van der Waals surface area contributed by atoms with Crippen LogP contribution in [0.3, 0.4) is 0 Å². The molecule has 124 valence electrons. The molecule has 2 aromatic heterocycles. The normalized spacial score (nSPS) is 11.3. The molecule has 2 aromatic rings. The van der Waals surface area contributed by atoms with E-state index in [0.717, 1.165) is 33.8 Å². The predicted octanol–water partition coefficient (Wildman–Crippen LogP) is 2.56. The van der Waals surface area contributed by atoms with Gasteiger partial charge in [0.25, 0.3) is 0 Å². The second kappa shape index (κ2) is 7.88. The lowest BCUT2D eigenvalue weighted by atomic mass is 10.4. The fraction of sp³-hybridized carbons (Fsp3) is 0.200. The molecule has 0 aliphatic carbocycles. The van der Waals surface area contributed by atoms with Crippen LogP contribution in [0.5, 0.6) is 0 Å². The van der Waals surface area contributed by atoms with Gasteiger partial charge in [0.2, 0.25) is 21.1 Å². The smallest absolute Gasteiger partial charge is 0.236 e. The summed E-state index contributed by atoms with van der Waals surface area (Å²) in [6.07, 6.45) is 2.60. The second-order valence-corrected chi connectivity index (χ2v) is 9.79. The predicted molar refractivity (Wildman–Crippen MR) is 97.4 cm³/mol. The first kappa shape index (κ1) is 18.6. The number of hydrogen-bond donors (Lipinski definition) is 2. The van der Waals surface area contributed by atoms with Crippen molar-refractivity contribution in [3.05, 3.63) is 21.2 Å². The topological polar surface area (TPSA) is 114 Å². The Hall–Kier alpha value is -0.760. The third-order valence-electron chi connectivity index (χ3n) is 2.07. The number of nitrogens with zero attached hydrogens (tertiary/aromatic N) is 3. The first-order chi connectivity index (χ1) is 10.7. The van der Waals surface area contributed by atoms with E-state index in [0.29, 0.717) is 14.6 Å². The van der Waals surface area contributed by atoms with E-state index >= 15 is 0 Å². The minimum Gasteiger partial charge on any atom is -0.309 e. The summed E-state index contributed by atoms with van der Waals surface area (Å²) in [5, 5.41) is 10.3. The van der Waals surface area contributed by atoms with Crippen LogP contribution < -0.4 is 10.0 Å². The molecule has 2 heterocycles. The zero-order valence-corrected chi connectivity index (χ0v) is 17.0. The standard InChI is InChI=1S/C10H9Br2N5O3S3/c1-23(19,20)17-9-15-16-10(22-9)21-4-7(18)14-8-6(12)2-5(11)3-13-8/h2-3H,4H2,1H3,(H,15,17)(H,13,14,18). The van der Waals surface area contributed by atoms with Crippen LogP contribution in [0.25, 0.3) is 0 Å². The van der Waals surface area contributed by atoms with Crippen molar-refractivity contribution in [1.82, 2.24) is 15.2 Å². The van der Waals surface area contributed by atoms with Crippen molar-refractivity contribution in [1.29, 1.82) is 0 Å². The molecule has 0 saturated heterocycles. The van der Waals surface area contributed by atoms with Crippen LogP contribution in [-0.4, -0.2) is 41.5 Å². The first-order valence-corrected chi connectivity index (χ1v) is 11.1. The molecule has 1 amide bonds.